The first kappa shape index (κ1) is 8.27. The van der Waals surface area contributed by atoms with Crippen molar-refractivity contribution in [3.63, 3.8) is 0 Å². The van der Waals surface area contributed by atoms with Gasteiger partial charge in [-0.15, -0.1) is 0 Å². The van der Waals surface area contributed by atoms with Gasteiger partial charge in [-0.1, -0.05) is 18.6 Å². The summed E-state index contributed by atoms with van der Waals surface area (Å²) >= 11 is 0. The molecule has 12 heavy (non-hydrogen) atoms. The molecule has 0 amide bonds. The summed E-state index contributed by atoms with van der Waals surface area (Å²) in [6, 6.07) is 0. The lowest BCUT2D eigenvalue weighted by Crippen LogP contribution is -2.62. The van der Waals surface area contributed by atoms with E-state index in [0.29, 0.717) is 0 Å². The Balaban J connectivity index is 2.31. The molecular weight excluding hydrogens is 152 g/mol. The Labute approximate surface area is 72.9 Å². The maximum Gasteiger partial charge on any atom is 0.0648 e. The van der Waals surface area contributed by atoms with Crippen molar-refractivity contribution in [2.45, 2.75) is 26.4 Å². The molecule has 0 radical (unpaired) electrons. The first-order valence-corrected chi connectivity index (χ1v) is 4.57. The summed E-state index contributed by atoms with van der Waals surface area (Å²) in [7, 11) is 0. The van der Waals surface area contributed by atoms with Crippen LogP contribution in [0.5, 0.6) is 0 Å². The molecule has 0 unspecified atom stereocenters. The van der Waals surface area contributed by atoms with E-state index in [4.69, 9.17) is 0 Å². The van der Waals surface area contributed by atoms with Crippen LogP contribution in [0.4, 0.5) is 0 Å². The van der Waals surface area contributed by atoms with Crippen molar-refractivity contribution in [1.82, 2.24) is 0 Å². The second-order valence-electron chi connectivity index (χ2n) is 4.42. The molecule has 0 aromatic heterocycles. The average molecular weight is 168 g/mol. The van der Waals surface area contributed by atoms with Gasteiger partial charge in [-0.3, -0.25) is 0 Å². The number of hydrogen-bond donors (Lipinski definition) is 2. The topological polar surface area (TPSA) is 40.5 Å². The highest BCUT2D eigenvalue weighted by Crippen LogP contribution is 2.58. The van der Waals surface area contributed by atoms with Crippen molar-refractivity contribution in [3.05, 3.63) is 11.6 Å². The van der Waals surface area contributed by atoms with Crippen LogP contribution in [-0.2, 0) is 0 Å². The second-order valence-corrected chi connectivity index (χ2v) is 4.42. The summed E-state index contributed by atoms with van der Waals surface area (Å²) < 4.78 is 0. The molecule has 2 bridgehead atoms. The van der Waals surface area contributed by atoms with Crippen molar-refractivity contribution >= 4 is 0 Å². The molecule has 0 heterocycles. The Morgan fingerprint density at radius 2 is 2.33 bits per heavy atom. The Morgan fingerprint density at radius 1 is 1.67 bits per heavy atom. The third-order valence-corrected chi connectivity index (χ3v) is 3.84. The lowest BCUT2D eigenvalue weighted by molar-refractivity contribution is -0.174. The van der Waals surface area contributed by atoms with Gasteiger partial charge in [0.15, 0.2) is 0 Å². The molecule has 0 spiro atoms. The fourth-order valence-corrected chi connectivity index (χ4v) is 2.98. The molecule has 2 N–H and O–H groups in total. The Bertz CT molecular complexity index is 234. The minimum absolute atomic E-state index is 0.0434. The van der Waals surface area contributed by atoms with E-state index in [1.54, 1.807) is 0 Å². The highest BCUT2D eigenvalue weighted by molar-refractivity contribution is 5.26. The number of rotatable bonds is 1. The summed E-state index contributed by atoms with van der Waals surface area (Å²) in [5.41, 5.74) is 1.21. The zero-order chi connectivity index (χ0) is 8.93. The van der Waals surface area contributed by atoms with Crippen LogP contribution in [0.2, 0.25) is 0 Å². The first-order valence-electron chi connectivity index (χ1n) is 4.57. The molecule has 68 valence electrons. The molecule has 0 aromatic rings. The third kappa shape index (κ3) is 0.723. The molecule has 0 saturated heterocycles. The zero-order valence-corrected chi connectivity index (χ0v) is 7.62. The lowest BCUT2D eigenvalue weighted by atomic mass is 9.46. The molecule has 3 aliphatic rings. The number of aliphatic hydroxyl groups is 2. The van der Waals surface area contributed by atoms with Gasteiger partial charge in [-0.05, 0) is 19.3 Å². The molecule has 2 heteroatoms. The highest BCUT2D eigenvalue weighted by atomic mass is 16.3. The summed E-state index contributed by atoms with van der Waals surface area (Å²) in [6.45, 7) is 4.33. The molecule has 3 aliphatic carbocycles. The SMILES string of the molecule is CC1=CC[C@@H]2[C@@H](O)[C@H]1[C@]2(C)CO. The van der Waals surface area contributed by atoms with Crippen LogP contribution in [0.15, 0.2) is 11.6 Å². The van der Waals surface area contributed by atoms with Gasteiger partial charge in [0.2, 0.25) is 0 Å². The van der Waals surface area contributed by atoms with Crippen molar-refractivity contribution in [3.8, 4) is 0 Å². The number of aliphatic hydroxyl groups excluding tert-OH is 2. The number of fused-ring (bicyclic) bond motifs is 1. The van der Waals surface area contributed by atoms with E-state index in [9.17, 15) is 10.2 Å². The van der Waals surface area contributed by atoms with Crippen LogP contribution in [-0.4, -0.2) is 22.9 Å². The first-order chi connectivity index (χ1) is 5.61. The van der Waals surface area contributed by atoms with Crippen molar-refractivity contribution < 1.29 is 10.2 Å². The highest BCUT2D eigenvalue weighted by Gasteiger charge is 2.59. The number of allylic oxidation sites excluding steroid dienone is 1. The molecule has 0 aromatic carbocycles. The Kier molecular flexibility index (Phi) is 1.61. The van der Waals surface area contributed by atoms with Gasteiger partial charge >= 0.3 is 0 Å². The smallest absolute Gasteiger partial charge is 0.0648 e. The van der Waals surface area contributed by atoms with Crippen LogP contribution in [0.25, 0.3) is 0 Å². The van der Waals surface area contributed by atoms with E-state index < -0.39 is 0 Å². The lowest BCUT2D eigenvalue weighted by Gasteiger charge is -2.60. The van der Waals surface area contributed by atoms with E-state index in [-0.39, 0.29) is 30.0 Å². The van der Waals surface area contributed by atoms with Gasteiger partial charge in [0.25, 0.3) is 0 Å². The van der Waals surface area contributed by atoms with E-state index in [2.05, 4.69) is 19.9 Å². The van der Waals surface area contributed by atoms with Gasteiger partial charge < -0.3 is 10.2 Å². The quantitative estimate of drug-likeness (QED) is 0.572. The third-order valence-electron chi connectivity index (χ3n) is 3.84. The minimum atomic E-state index is -0.202. The molecule has 1 saturated carbocycles. The monoisotopic (exact) mass is 168 g/mol. The van der Waals surface area contributed by atoms with Gasteiger partial charge in [-0.2, -0.15) is 0 Å². The van der Waals surface area contributed by atoms with Crippen molar-refractivity contribution in [2.75, 3.05) is 6.61 Å². The maximum atomic E-state index is 9.71. The largest absolute Gasteiger partial charge is 0.396 e. The normalized spacial score (nSPS) is 51.3. The van der Waals surface area contributed by atoms with Gasteiger partial charge in [0.1, 0.15) is 0 Å². The molecule has 3 rings (SSSR count). The summed E-state index contributed by atoms with van der Waals surface area (Å²) in [6.07, 6.45) is 2.92. The van der Waals surface area contributed by atoms with Crippen molar-refractivity contribution in [2.24, 2.45) is 17.3 Å². The molecular formula is C10H16O2. The maximum absolute atomic E-state index is 9.71. The van der Waals surface area contributed by atoms with E-state index in [0.717, 1.165) is 6.42 Å². The predicted octanol–water partition coefficient (Wildman–Crippen LogP) is 0.942. The van der Waals surface area contributed by atoms with Crippen LogP contribution in [0.3, 0.4) is 0 Å². The second kappa shape index (κ2) is 2.33. The standard InChI is InChI=1S/C10H16O2/c1-6-3-4-7-9(12)8(6)10(7,2)5-11/h3,7-9,11-12H,4-5H2,1-2H3/t7-,8+,9-,10-/m1/s1. The Morgan fingerprint density at radius 3 is 2.67 bits per heavy atom. The van der Waals surface area contributed by atoms with Crippen LogP contribution < -0.4 is 0 Å². The summed E-state index contributed by atoms with van der Waals surface area (Å²) in [5, 5.41) is 19.0. The van der Waals surface area contributed by atoms with E-state index in [1.165, 1.54) is 5.57 Å². The zero-order valence-electron chi connectivity index (χ0n) is 7.62. The van der Waals surface area contributed by atoms with E-state index >= 15 is 0 Å². The van der Waals surface area contributed by atoms with Gasteiger partial charge in [0.05, 0.1) is 6.10 Å². The summed E-state index contributed by atoms with van der Waals surface area (Å²) in [4.78, 5) is 0. The fraction of sp³-hybridized carbons (Fsp3) is 0.800. The Hall–Kier alpha value is -0.340. The van der Waals surface area contributed by atoms with Gasteiger partial charge in [0, 0.05) is 17.9 Å². The molecule has 0 aliphatic heterocycles. The van der Waals surface area contributed by atoms with Crippen LogP contribution in [0.1, 0.15) is 20.3 Å². The van der Waals surface area contributed by atoms with Crippen molar-refractivity contribution in [1.29, 1.82) is 0 Å². The molecule has 1 fully saturated rings. The minimum Gasteiger partial charge on any atom is -0.396 e. The fourth-order valence-electron chi connectivity index (χ4n) is 2.98. The summed E-state index contributed by atoms with van der Waals surface area (Å²) in [5.74, 6) is 0.498. The average Bonchev–Trinajstić information content (AvgIpc) is 2.04. The van der Waals surface area contributed by atoms with E-state index in [1.807, 2.05) is 0 Å². The number of hydrogen-bond acceptors (Lipinski definition) is 2. The van der Waals surface area contributed by atoms with Gasteiger partial charge in [-0.25, -0.2) is 0 Å². The predicted molar refractivity (Wildman–Crippen MR) is 46.6 cm³/mol. The molecule has 2 nitrogen and oxygen atoms in total. The molecule has 4 atom stereocenters. The van der Waals surface area contributed by atoms with Crippen LogP contribution >= 0.6 is 0 Å². The van der Waals surface area contributed by atoms with Crippen LogP contribution in [0, 0.1) is 17.3 Å².